The molecule has 0 spiro atoms. The Morgan fingerprint density at radius 3 is 2.50 bits per heavy atom. The SMILES string of the molecule is COCCCOc1ccc(C(=O)N[C@@H](C)CN)cc1.Cl. The van der Waals surface area contributed by atoms with E-state index < -0.39 is 0 Å². The molecule has 1 aromatic carbocycles. The largest absolute Gasteiger partial charge is 0.494 e. The Hall–Kier alpha value is -1.30. The van der Waals surface area contributed by atoms with Crippen LogP contribution >= 0.6 is 12.4 Å². The molecule has 0 aromatic heterocycles. The molecular formula is C14H23ClN2O3. The number of ether oxygens (including phenoxy) is 2. The Morgan fingerprint density at radius 1 is 1.30 bits per heavy atom. The van der Waals surface area contributed by atoms with Crippen molar-refractivity contribution in [2.45, 2.75) is 19.4 Å². The zero-order chi connectivity index (χ0) is 14.1. The summed E-state index contributed by atoms with van der Waals surface area (Å²) in [5.74, 6) is 0.628. The van der Waals surface area contributed by atoms with Gasteiger partial charge >= 0.3 is 0 Å². The number of rotatable bonds is 8. The van der Waals surface area contributed by atoms with Gasteiger partial charge in [0.15, 0.2) is 0 Å². The van der Waals surface area contributed by atoms with Crippen molar-refractivity contribution < 1.29 is 14.3 Å². The van der Waals surface area contributed by atoms with Crippen molar-refractivity contribution in [1.29, 1.82) is 0 Å². The third kappa shape index (κ3) is 6.75. The smallest absolute Gasteiger partial charge is 0.251 e. The Kier molecular flexibility index (Phi) is 9.80. The highest BCUT2D eigenvalue weighted by molar-refractivity contribution is 5.94. The van der Waals surface area contributed by atoms with E-state index in [2.05, 4.69) is 5.32 Å². The molecule has 5 nitrogen and oxygen atoms in total. The second kappa shape index (κ2) is 10.5. The summed E-state index contributed by atoms with van der Waals surface area (Å²) in [6.07, 6.45) is 0.840. The lowest BCUT2D eigenvalue weighted by atomic mass is 10.2. The summed E-state index contributed by atoms with van der Waals surface area (Å²) in [4.78, 5) is 11.8. The highest BCUT2D eigenvalue weighted by Crippen LogP contribution is 2.12. The average Bonchev–Trinajstić information content (AvgIpc) is 2.44. The van der Waals surface area contributed by atoms with Gasteiger partial charge in [0.1, 0.15) is 5.75 Å². The van der Waals surface area contributed by atoms with Crippen molar-refractivity contribution in [3.05, 3.63) is 29.8 Å². The standard InChI is InChI=1S/C14H22N2O3.ClH/c1-11(10-15)16-14(17)12-4-6-13(7-5-12)19-9-3-8-18-2;/h4-7,11H,3,8-10,15H2,1-2H3,(H,16,17);1H/t11-;/m0./s1. The summed E-state index contributed by atoms with van der Waals surface area (Å²) in [5.41, 5.74) is 6.06. The van der Waals surface area contributed by atoms with Crippen LogP contribution < -0.4 is 15.8 Å². The molecule has 0 heterocycles. The van der Waals surface area contributed by atoms with Crippen LogP contribution in [0.1, 0.15) is 23.7 Å². The van der Waals surface area contributed by atoms with Crippen molar-refractivity contribution >= 4 is 18.3 Å². The van der Waals surface area contributed by atoms with E-state index in [0.717, 1.165) is 12.2 Å². The third-order valence-electron chi connectivity index (χ3n) is 2.61. The summed E-state index contributed by atoms with van der Waals surface area (Å²) in [6, 6.07) is 7.02. The summed E-state index contributed by atoms with van der Waals surface area (Å²) < 4.78 is 10.4. The molecule has 0 aliphatic heterocycles. The predicted octanol–water partition coefficient (Wildman–Crippen LogP) is 1.60. The molecule has 6 heteroatoms. The van der Waals surface area contributed by atoms with Crippen LogP contribution in [-0.4, -0.2) is 38.8 Å². The summed E-state index contributed by atoms with van der Waals surface area (Å²) in [7, 11) is 1.66. The number of hydrogen-bond acceptors (Lipinski definition) is 4. The molecule has 0 saturated carbocycles. The van der Waals surface area contributed by atoms with Gasteiger partial charge in [0, 0.05) is 38.3 Å². The first-order valence-corrected chi connectivity index (χ1v) is 6.40. The second-order valence-electron chi connectivity index (χ2n) is 4.33. The third-order valence-corrected chi connectivity index (χ3v) is 2.61. The average molecular weight is 303 g/mol. The molecule has 20 heavy (non-hydrogen) atoms. The molecule has 0 aliphatic carbocycles. The lowest BCUT2D eigenvalue weighted by Crippen LogP contribution is -2.37. The Labute approximate surface area is 126 Å². The summed E-state index contributed by atoms with van der Waals surface area (Å²) in [5, 5.41) is 2.80. The number of halogens is 1. The van der Waals surface area contributed by atoms with E-state index in [1.54, 1.807) is 31.4 Å². The first kappa shape index (κ1) is 18.7. The minimum absolute atomic E-state index is 0. The number of nitrogens with two attached hydrogens (primary N) is 1. The number of methoxy groups -OCH3 is 1. The lowest BCUT2D eigenvalue weighted by Gasteiger charge is -2.11. The summed E-state index contributed by atoms with van der Waals surface area (Å²) >= 11 is 0. The molecule has 1 atom stereocenters. The van der Waals surface area contributed by atoms with E-state index in [9.17, 15) is 4.79 Å². The van der Waals surface area contributed by atoms with Gasteiger partial charge in [0.25, 0.3) is 5.91 Å². The summed E-state index contributed by atoms with van der Waals surface area (Å²) in [6.45, 7) is 3.57. The highest BCUT2D eigenvalue weighted by atomic mass is 35.5. The minimum Gasteiger partial charge on any atom is -0.494 e. The predicted molar refractivity (Wildman–Crippen MR) is 81.7 cm³/mol. The van der Waals surface area contributed by atoms with Gasteiger partial charge in [-0.1, -0.05) is 0 Å². The van der Waals surface area contributed by atoms with Crippen molar-refractivity contribution in [2.24, 2.45) is 5.73 Å². The van der Waals surface area contributed by atoms with Gasteiger partial charge in [-0.25, -0.2) is 0 Å². The molecule has 0 bridgehead atoms. The van der Waals surface area contributed by atoms with Crippen LogP contribution in [-0.2, 0) is 4.74 Å². The van der Waals surface area contributed by atoms with Gasteiger partial charge < -0.3 is 20.5 Å². The molecule has 1 rings (SSSR count). The van der Waals surface area contributed by atoms with E-state index in [1.165, 1.54) is 0 Å². The van der Waals surface area contributed by atoms with Crippen LogP contribution in [0.2, 0.25) is 0 Å². The van der Waals surface area contributed by atoms with E-state index in [0.29, 0.717) is 25.3 Å². The number of nitrogens with one attached hydrogen (secondary N) is 1. The quantitative estimate of drug-likeness (QED) is 0.715. The fraction of sp³-hybridized carbons (Fsp3) is 0.500. The Morgan fingerprint density at radius 2 is 1.95 bits per heavy atom. The lowest BCUT2D eigenvalue weighted by molar-refractivity contribution is 0.0941. The molecule has 1 amide bonds. The molecule has 0 fully saturated rings. The van der Waals surface area contributed by atoms with E-state index in [1.807, 2.05) is 6.92 Å². The van der Waals surface area contributed by atoms with Crippen LogP contribution in [0, 0.1) is 0 Å². The van der Waals surface area contributed by atoms with Crippen molar-refractivity contribution in [3.8, 4) is 5.75 Å². The van der Waals surface area contributed by atoms with Crippen LogP contribution in [0.3, 0.4) is 0 Å². The monoisotopic (exact) mass is 302 g/mol. The number of carbonyl (C=O) groups is 1. The second-order valence-corrected chi connectivity index (χ2v) is 4.33. The zero-order valence-corrected chi connectivity index (χ0v) is 12.7. The molecule has 1 aromatic rings. The fourth-order valence-corrected chi connectivity index (χ4v) is 1.46. The highest BCUT2D eigenvalue weighted by Gasteiger charge is 2.08. The minimum atomic E-state index is -0.121. The molecular weight excluding hydrogens is 280 g/mol. The van der Waals surface area contributed by atoms with Crippen LogP contribution in [0.15, 0.2) is 24.3 Å². The van der Waals surface area contributed by atoms with E-state index >= 15 is 0 Å². The maximum Gasteiger partial charge on any atom is 0.251 e. The van der Waals surface area contributed by atoms with Gasteiger partial charge in [-0.2, -0.15) is 0 Å². The topological polar surface area (TPSA) is 73.6 Å². The van der Waals surface area contributed by atoms with Crippen LogP contribution in [0.5, 0.6) is 5.75 Å². The molecule has 0 saturated heterocycles. The number of hydrogen-bond donors (Lipinski definition) is 2. The van der Waals surface area contributed by atoms with Gasteiger partial charge in [-0.05, 0) is 31.2 Å². The maximum atomic E-state index is 11.8. The van der Waals surface area contributed by atoms with Gasteiger partial charge in [-0.15, -0.1) is 12.4 Å². The first-order chi connectivity index (χ1) is 9.17. The Balaban J connectivity index is 0.00000361. The van der Waals surface area contributed by atoms with Crippen LogP contribution in [0.4, 0.5) is 0 Å². The molecule has 0 unspecified atom stereocenters. The Bertz CT molecular complexity index is 385. The molecule has 0 radical (unpaired) electrons. The van der Waals surface area contributed by atoms with Crippen LogP contribution in [0.25, 0.3) is 0 Å². The van der Waals surface area contributed by atoms with Gasteiger partial charge in [0.05, 0.1) is 6.61 Å². The number of benzene rings is 1. The fourth-order valence-electron chi connectivity index (χ4n) is 1.46. The van der Waals surface area contributed by atoms with Crippen molar-refractivity contribution in [1.82, 2.24) is 5.32 Å². The molecule has 3 N–H and O–H groups in total. The van der Waals surface area contributed by atoms with E-state index in [-0.39, 0.29) is 24.4 Å². The van der Waals surface area contributed by atoms with Crippen molar-refractivity contribution in [3.63, 3.8) is 0 Å². The maximum absolute atomic E-state index is 11.8. The van der Waals surface area contributed by atoms with E-state index in [4.69, 9.17) is 15.2 Å². The van der Waals surface area contributed by atoms with Gasteiger partial charge in [0.2, 0.25) is 0 Å². The molecule has 114 valence electrons. The number of amides is 1. The van der Waals surface area contributed by atoms with Gasteiger partial charge in [-0.3, -0.25) is 4.79 Å². The normalized spacial score (nSPS) is 11.3. The first-order valence-electron chi connectivity index (χ1n) is 6.40. The number of carbonyl (C=O) groups excluding carboxylic acids is 1. The molecule has 0 aliphatic rings. The zero-order valence-electron chi connectivity index (χ0n) is 11.9. The van der Waals surface area contributed by atoms with Crippen molar-refractivity contribution in [2.75, 3.05) is 26.9 Å².